The Labute approximate surface area is 108 Å². The topological polar surface area (TPSA) is 55.5 Å². The van der Waals surface area contributed by atoms with Gasteiger partial charge in [0.25, 0.3) is 0 Å². The number of nitrogens with two attached hydrogens (primary N) is 1. The van der Waals surface area contributed by atoms with Gasteiger partial charge >= 0.3 is 0 Å². The fraction of sp³-hybridized carbons (Fsp3) is 0.600. The second-order valence-corrected chi connectivity index (χ2v) is 6.44. The van der Waals surface area contributed by atoms with Crippen molar-refractivity contribution < 1.29 is 9.84 Å². The Kier molecular flexibility index (Phi) is 2.32. The highest BCUT2D eigenvalue weighted by atomic mass is 16.5. The van der Waals surface area contributed by atoms with Gasteiger partial charge in [-0.3, -0.25) is 0 Å². The molecular formula is C15H21NO2. The molecule has 3 nitrogen and oxygen atoms in total. The molecule has 0 radical (unpaired) electrons. The molecule has 3 N–H and O–H groups in total. The van der Waals surface area contributed by atoms with E-state index in [4.69, 9.17) is 10.5 Å². The Bertz CT molecular complexity index is 479. The molecule has 18 heavy (non-hydrogen) atoms. The highest BCUT2D eigenvalue weighted by Crippen LogP contribution is 2.70. The lowest BCUT2D eigenvalue weighted by Gasteiger charge is -2.40. The summed E-state index contributed by atoms with van der Waals surface area (Å²) in [5.74, 6) is 0.956. The first-order valence-electron chi connectivity index (χ1n) is 6.58. The van der Waals surface area contributed by atoms with Crippen LogP contribution < -0.4 is 10.5 Å². The summed E-state index contributed by atoms with van der Waals surface area (Å²) in [6.07, 6.45) is 1.89. The zero-order valence-electron chi connectivity index (χ0n) is 11.1. The molecule has 1 aliphatic heterocycles. The average Bonchev–Trinajstić information content (AvgIpc) is 2.96. The van der Waals surface area contributed by atoms with E-state index in [9.17, 15) is 5.11 Å². The monoisotopic (exact) mass is 247 g/mol. The van der Waals surface area contributed by atoms with Crippen LogP contribution in [0.2, 0.25) is 0 Å². The Hall–Kier alpha value is -1.06. The minimum Gasteiger partial charge on any atom is -0.488 e. The molecule has 0 amide bonds. The standard InChI is InChI=1S/C15H21NO2/c1-13(2)7-15(8-14(15,9-16)10-17)11-5-3-4-6-12(11)18-13/h3-6,17H,7-10,16H2,1-2H3. The lowest BCUT2D eigenvalue weighted by molar-refractivity contribution is 0.0520. The van der Waals surface area contributed by atoms with Gasteiger partial charge in [-0.25, -0.2) is 0 Å². The summed E-state index contributed by atoms with van der Waals surface area (Å²) in [6, 6.07) is 8.19. The molecule has 2 atom stereocenters. The Morgan fingerprint density at radius 2 is 2.00 bits per heavy atom. The van der Waals surface area contributed by atoms with E-state index in [1.54, 1.807) is 0 Å². The number of hydrogen-bond acceptors (Lipinski definition) is 3. The van der Waals surface area contributed by atoms with Gasteiger partial charge in [0.05, 0.1) is 6.61 Å². The third kappa shape index (κ3) is 1.38. The number of ether oxygens (including phenoxy) is 1. The fourth-order valence-corrected chi connectivity index (χ4v) is 3.81. The number of fused-ring (bicyclic) bond motifs is 2. The predicted octanol–water partition coefficient (Wildman–Crippen LogP) is 1.83. The van der Waals surface area contributed by atoms with Crippen molar-refractivity contribution in [2.45, 2.75) is 37.7 Å². The van der Waals surface area contributed by atoms with Gasteiger partial charge < -0.3 is 15.6 Å². The minimum atomic E-state index is -0.194. The summed E-state index contributed by atoms with van der Waals surface area (Å²) in [7, 11) is 0. The SMILES string of the molecule is CC1(C)CC2(CC2(CN)CO)c2ccccc2O1. The normalized spacial score (nSPS) is 36.0. The van der Waals surface area contributed by atoms with Gasteiger partial charge in [-0.15, -0.1) is 0 Å². The van der Waals surface area contributed by atoms with Crippen LogP contribution in [0.1, 0.15) is 32.3 Å². The fourth-order valence-electron chi connectivity index (χ4n) is 3.81. The van der Waals surface area contributed by atoms with Crippen molar-refractivity contribution in [3.05, 3.63) is 29.8 Å². The quantitative estimate of drug-likeness (QED) is 0.838. The molecule has 1 saturated carbocycles. The number of para-hydroxylation sites is 1. The Morgan fingerprint density at radius 3 is 2.61 bits per heavy atom. The summed E-state index contributed by atoms with van der Waals surface area (Å²) in [6.45, 7) is 4.92. The van der Waals surface area contributed by atoms with Crippen molar-refractivity contribution in [2.75, 3.05) is 13.2 Å². The van der Waals surface area contributed by atoms with Crippen LogP contribution in [-0.2, 0) is 5.41 Å². The molecule has 1 heterocycles. The second-order valence-electron chi connectivity index (χ2n) is 6.44. The van der Waals surface area contributed by atoms with Crippen LogP contribution in [0, 0.1) is 5.41 Å². The highest BCUT2D eigenvalue weighted by Gasteiger charge is 2.70. The van der Waals surface area contributed by atoms with E-state index in [0.717, 1.165) is 18.6 Å². The van der Waals surface area contributed by atoms with E-state index in [1.165, 1.54) is 5.56 Å². The molecule has 0 bridgehead atoms. The van der Waals surface area contributed by atoms with Crippen LogP contribution in [-0.4, -0.2) is 23.9 Å². The van der Waals surface area contributed by atoms with E-state index < -0.39 is 0 Å². The maximum absolute atomic E-state index is 9.75. The zero-order valence-corrected chi connectivity index (χ0v) is 11.1. The molecular weight excluding hydrogens is 226 g/mol. The van der Waals surface area contributed by atoms with Gasteiger partial charge in [0, 0.05) is 22.9 Å². The Balaban J connectivity index is 2.12. The summed E-state index contributed by atoms with van der Waals surface area (Å²) >= 11 is 0. The molecule has 1 spiro atoms. The zero-order chi connectivity index (χ0) is 13.0. The molecule has 0 saturated heterocycles. The van der Waals surface area contributed by atoms with Gasteiger partial charge in [0.1, 0.15) is 11.4 Å². The number of aliphatic hydroxyl groups excluding tert-OH is 1. The second kappa shape index (κ2) is 3.49. The lowest BCUT2D eigenvalue weighted by Crippen LogP contribution is -2.42. The largest absolute Gasteiger partial charge is 0.488 e. The van der Waals surface area contributed by atoms with E-state index in [2.05, 4.69) is 19.9 Å². The van der Waals surface area contributed by atoms with Crippen LogP contribution in [0.5, 0.6) is 5.75 Å². The smallest absolute Gasteiger partial charge is 0.123 e. The number of benzene rings is 1. The van der Waals surface area contributed by atoms with Crippen LogP contribution in [0.3, 0.4) is 0 Å². The van der Waals surface area contributed by atoms with E-state index in [-0.39, 0.29) is 23.0 Å². The molecule has 2 aliphatic rings. The van der Waals surface area contributed by atoms with Crippen molar-refractivity contribution in [1.82, 2.24) is 0 Å². The Morgan fingerprint density at radius 1 is 1.28 bits per heavy atom. The van der Waals surface area contributed by atoms with Gasteiger partial charge in [0.15, 0.2) is 0 Å². The van der Waals surface area contributed by atoms with Crippen molar-refractivity contribution in [2.24, 2.45) is 11.1 Å². The van der Waals surface area contributed by atoms with Gasteiger partial charge in [-0.1, -0.05) is 18.2 Å². The van der Waals surface area contributed by atoms with Gasteiger partial charge in [-0.05, 0) is 32.8 Å². The van der Waals surface area contributed by atoms with Crippen molar-refractivity contribution in [3.63, 3.8) is 0 Å². The van der Waals surface area contributed by atoms with Crippen LogP contribution in [0.25, 0.3) is 0 Å². The molecule has 3 rings (SSSR count). The molecule has 98 valence electrons. The molecule has 0 aromatic heterocycles. The highest BCUT2D eigenvalue weighted by molar-refractivity contribution is 5.50. The van der Waals surface area contributed by atoms with Crippen molar-refractivity contribution in [1.29, 1.82) is 0 Å². The number of aliphatic hydroxyl groups is 1. The maximum Gasteiger partial charge on any atom is 0.123 e. The average molecular weight is 247 g/mol. The van der Waals surface area contributed by atoms with Crippen LogP contribution in [0.4, 0.5) is 0 Å². The van der Waals surface area contributed by atoms with Crippen molar-refractivity contribution >= 4 is 0 Å². The van der Waals surface area contributed by atoms with Crippen LogP contribution >= 0.6 is 0 Å². The van der Waals surface area contributed by atoms with E-state index >= 15 is 0 Å². The first-order valence-corrected chi connectivity index (χ1v) is 6.58. The van der Waals surface area contributed by atoms with Crippen LogP contribution in [0.15, 0.2) is 24.3 Å². The van der Waals surface area contributed by atoms with Gasteiger partial charge in [-0.2, -0.15) is 0 Å². The molecule has 1 aromatic carbocycles. The maximum atomic E-state index is 9.75. The summed E-state index contributed by atoms with van der Waals surface area (Å²) in [5, 5.41) is 9.75. The first-order chi connectivity index (χ1) is 8.49. The molecule has 1 aromatic rings. The third-order valence-electron chi connectivity index (χ3n) is 4.74. The number of hydrogen-bond donors (Lipinski definition) is 2. The number of rotatable bonds is 2. The summed E-state index contributed by atoms with van der Waals surface area (Å²) in [5.41, 5.74) is 6.82. The molecule has 2 unspecified atom stereocenters. The van der Waals surface area contributed by atoms with Crippen molar-refractivity contribution in [3.8, 4) is 5.75 Å². The molecule has 1 fully saturated rings. The van der Waals surface area contributed by atoms with E-state index in [1.807, 2.05) is 18.2 Å². The van der Waals surface area contributed by atoms with Gasteiger partial charge in [0.2, 0.25) is 0 Å². The predicted molar refractivity (Wildman–Crippen MR) is 70.6 cm³/mol. The lowest BCUT2D eigenvalue weighted by atomic mass is 9.76. The van der Waals surface area contributed by atoms with E-state index in [0.29, 0.717) is 6.54 Å². The molecule has 3 heteroatoms. The first kappa shape index (κ1) is 12.0. The molecule has 1 aliphatic carbocycles. The third-order valence-corrected chi connectivity index (χ3v) is 4.74. The summed E-state index contributed by atoms with van der Waals surface area (Å²) < 4.78 is 6.05. The summed E-state index contributed by atoms with van der Waals surface area (Å²) in [4.78, 5) is 0. The minimum absolute atomic E-state index is 0.00877.